The molecule has 0 radical (unpaired) electrons. The molecule has 0 aromatic heterocycles. The Morgan fingerprint density at radius 2 is 1.70 bits per heavy atom. The van der Waals surface area contributed by atoms with Crippen molar-refractivity contribution < 1.29 is 41.3 Å². The molecular weight excluding hydrogens is 599 g/mol. The zero-order valence-corrected chi connectivity index (χ0v) is 25.2. The van der Waals surface area contributed by atoms with Crippen molar-refractivity contribution in [3.8, 4) is 16.9 Å². The Hall–Kier alpha value is -2.91. The van der Waals surface area contributed by atoms with Crippen molar-refractivity contribution in [1.82, 2.24) is 9.62 Å². The van der Waals surface area contributed by atoms with Gasteiger partial charge in [0.15, 0.2) is 9.84 Å². The normalized spacial score (nSPS) is 26.7. The van der Waals surface area contributed by atoms with Crippen molar-refractivity contribution in [2.45, 2.75) is 47.5 Å². The molecule has 1 saturated carbocycles. The van der Waals surface area contributed by atoms with Crippen molar-refractivity contribution in [2.24, 2.45) is 5.41 Å². The fourth-order valence-corrected chi connectivity index (χ4v) is 7.71. The summed E-state index contributed by atoms with van der Waals surface area (Å²) in [6, 6.07) is 16.7. The third-order valence-electron chi connectivity index (χ3n) is 7.98. The number of fused-ring (bicyclic) bond motifs is 1. The van der Waals surface area contributed by atoms with E-state index in [2.05, 4.69) is 4.72 Å². The number of aliphatic hydroxyl groups excluding tert-OH is 3. The number of nitrogens with one attached hydrogen (secondary N) is 1. The number of halogens is 1. The molecule has 43 heavy (non-hydrogen) atoms. The molecule has 1 aliphatic carbocycles. The monoisotopic (exact) mass is 634 g/mol. The number of rotatable bonds is 4. The van der Waals surface area contributed by atoms with Gasteiger partial charge in [-0.1, -0.05) is 36.4 Å². The molecule has 0 bridgehead atoms. The maximum absolute atomic E-state index is 14.6. The maximum atomic E-state index is 14.6. The molecule has 1 unspecified atom stereocenters. The summed E-state index contributed by atoms with van der Waals surface area (Å²) >= 11 is 0. The van der Waals surface area contributed by atoms with Crippen LogP contribution in [0.3, 0.4) is 0 Å². The van der Waals surface area contributed by atoms with Crippen LogP contribution in [0.15, 0.2) is 76.5 Å². The Kier molecular flexibility index (Phi) is 8.96. The lowest BCUT2D eigenvalue weighted by Crippen LogP contribution is -2.46. The largest absolute Gasteiger partial charge is 0.492 e. The first-order valence-corrected chi connectivity index (χ1v) is 17.2. The molecule has 3 aromatic rings. The predicted octanol–water partition coefficient (Wildman–Crippen LogP) is 1.93. The van der Waals surface area contributed by atoms with E-state index in [9.17, 15) is 36.5 Å². The smallest absolute Gasteiger partial charge is 0.244 e. The summed E-state index contributed by atoms with van der Waals surface area (Å²) in [5.41, 5.74) is 0.573. The first-order chi connectivity index (χ1) is 20.2. The van der Waals surface area contributed by atoms with Gasteiger partial charge in [0.25, 0.3) is 0 Å². The van der Waals surface area contributed by atoms with Crippen molar-refractivity contribution in [2.75, 3.05) is 32.5 Å². The van der Waals surface area contributed by atoms with E-state index in [-0.39, 0.29) is 66.7 Å². The van der Waals surface area contributed by atoms with Crippen LogP contribution in [0, 0.1) is 11.2 Å². The van der Waals surface area contributed by atoms with Gasteiger partial charge < -0.3 is 20.1 Å². The molecular formula is C30H35FN2O8S2. The summed E-state index contributed by atoms with van der Waals surface area (Å²) in [4.78, 5) is 1.86. The van der Waals surface area contributed by atoms with Crippen LogP contribution in [0.1, 0.15) is 18.4 Å². The summed E-state index contributed by atoms with van der Waals surface area (Å²) in [5, 5.41) is 32.0. The number of hydrogen-bond donors (Lipinski definition) is 4. The number of nitrogens with zero attached hydrogens (tertiary/aromatic N) is 1. The molecule has 1 heterocycles. The van der Waals surface area contributed by atoms with Gasteiger partial charge in [-0.2, -0.15) is 0 Å². The second-order valence-corrected chi connectivity index (χ2v) is 15.3. The van der Waals surface area contributed by atoms with Crippen LogP contribution in [0.25, 0.3) is 11.1 Å². The van der Waals surface area contributed by atoms with Gasteiger partial charge in [-0.05, 0) is 54.3 Å². The lowest BCUT2D eigenvalue weighted by Gasteiger charge is -2.37. The molecule has 4 atom stereocenters. The number of sulfone groups is 1. The minimum absolute atomic E-state index is 0.0264. The van der Waals surface area contributed by atoms with Crippen LogP contribution >= 0.6 is 0 Å². The summed E-state index contributed by atoms with van der Waals surface area (Å²) in [5.74, 6) is -0.514. The van der Waals surface area contributed by atoms with E-state index >= 15 is 0 Å². The van der Waals surface area contributed by atoms with Crippen molar-refractivity contribution >= 4 is 19.9 Å². The molecule has 3 aromatic carbocycles. The highest BCUT2D eigenvalue weighted by atomic mass is 32.2. The molecule has 0 saturated heterocycles. The predicted molar refractivity (Wildman–Crippen MR) is 157 cm³/mol. The number of ether oxygens (including phenoxy) is 1. The quantitative estimate of drug-likeness (QED) is 0.337. The van der Waals surface area contributed by atoms with Crippen LogP contribution in [0.4, 0.5) is 4.39 Å². The molecule has 1 spiro atoms. The maximum Gasteiger partial charge on any atom is 0.244 e. The molecule has 1 aliphatic heterocycles. The van der Waals surface area contributed by atoms with Gasteiger partial charge in [0, 0.05) is 43.4 Å². The minimum atomic E-state index is -4.17. The fraction of sp³-hybridized carbons (Fsp3) is 0.400. The second kappa shape index (κ2) is 12.2. The van der Waals surface area contributed by atoms with Gasteiger partial charge >= 0.3 is 0 Å². The molecule has 10 nitrogen and oxygen atoms in total. The van der Waals surface area contributed by atoms with Gasteiger partial charge in [0.2, 0.25) is 10.0 Å². The van der Waals surface area contributed by atoms with Crippen LogP contribution < -0.4 is 9.46 Å². The fourth-order valence-electron chi connectivity index (χ4n) is 5.88. The average molecular weight is 635 g/mol. The van der Waals surface area contributed by atoms with Gasteiger partial charge in [-0.25, -0.2) is 25.9 Å². The molecule has 5 rings (SSSR count). The summed E-state index contributed by atoms with van der Waals surface area (Å²) in [6.07, 6.45) is -1.77. The summed E-state index contributed by atoms with van der Waals surface area (Å²) in [7, 11) is -7.56. The first kappa shape index (κ1) is 31.5. The van der Waals surface area contributed by atoms with E-state index in [1.54, 1.807) is 30.3 Å². The highest BCUT2D eigenvalue weighted by molar-refractivity contribution is 7.90. The summed E-state index contributed by atoms with van der Waals surface area (Å²) < 4.78 is 73.7. The standard InChI is InChI=1S/C30H35FN2O8S2/c1-42(37,38)23-9-6-20(7-10-23)16-33-17-22(34)15-32-43(39,40)29-11-8-21(24-4-2-3-5-25(24)31)12-28(29)41-19-30(18-33)13-26(35)27(36)14-30/h2-12,22,26-27,32,34-36H,13-19H2,1H3/t22-,26-,27+,30?/m0/s1. The lowest BCUT2D eigenvalue weighted by atomic mass is 9.85. The highest BCUT2D eigenvalue weighted by Crippen LogP contribution is 2.41. The molecule has 2 aliphatic rings. The van der Waals surface area contributed by atoms with Gasteiger partial charge in [-0.3, -0.25) is 4.90 Å². The number of β-amino-alcohol motifs (C(OH)–C–C–N with tert-alkyl or cyclic N) is 1. The van der Waals surface area contributed by atoms with Crippen LogP contribution in [-0.4, -0.2) is 87.9 Å². The topological polar surface area (TPSA) is 153 Å². The van der Waals surface area contributed by atoms with Gasteiger partial charge in [0.05, 0.1) is 29.8 Å². The van der Waals surface area contributed by atoms with E-state index in [1.165, 1.54) is 36.4 Å². The van der Waals surface area contributed by atoms with Crippen LogP contribution in [0.2, 0.25) is 0 Å². The van der Waals surface area contributed by atoms with Gasteiger partial charge in [0.1, 0.15) is 16.5 Å². The van der Waals surface area contributed by atoms with Crippen molar-refractivity contribution in [3.63, 3.8) is 0 Å². The SMILES string of the molecule is CS(=O)(=O)c1ccc(CN2C[C@@H](O)CNS(=O)(=O)c3ccc(-c4ccccc4F)cc3OCC3(C[C@@H](O)[C@@H](O)C3)C2)cc1. The molecule has 0 amide bonds. The van der Waals surface area contributed by atoms with Crippen molar-refractivity contribution in [3.05, 3.63) is 78.1 Å². The average Bonchev–Trinajstić information content (AvgIpc) is 3.22. The minimum Gasteiger partial charge on any atom is -0.492 e. The number of sulfonamides is 1. The molecule has 4 N–H and O–H groups in total. The molecule has 1 fully saturated rings. The molecule has 13 heteroatoms. The van der Waals surface area contributed by atoms with Gasteiger partial charge in [-0.15, -0.1) is 0 Å². The zero-order chi connectivity index (χ0) is 31.0. The Morgan fingerprint density at radius 1 is 1.02 bits per heavy atom. The Bertz CT molecular complexity index is 1670. The lowest BCUT2D eigenvalue weighted by molar-refractivity contribution is 0.0427. The number of hydrogen-bond acceptors (Lipinski definition) is 9. The first-order valence-electron chi connectivity index (χ1n) is 13.8. The number of aliphatic hydroxyl groups is 3. The number of benzene rings is 3. The van der Waals surface area contributed by atoms with E-state index in [0.29, 0.717) is 5.56 Å². The van der Waals surface area contributed by atoms with E-state index in [1.807, 2.05) is 4.90 Å². The zero-order valence-electron chi connectivity index (χ0n) is 23.6. The third kappa shape index (κ3) is 7.26. The Balaban J connectivity index is 1.51. The Morgan fingerprint density at radius 3 is 2.35 bits per heavy atom. The third-order valence-corrected chi connectivity index (χ3v) is 10.6. The van der Waals surface area contributed by atoms with E-state index < -0.39 is 49.4 Å². The van der Waals surface area contributed by atoms with Crippen LogP contribution in [0.5, 0.6) is 5.75 Å². The van der Waals surface area contributed by atoms with E-state index in [0.717, 1.165) is 11.8 Å². The summed E-state index contributed by atoms with van der Waals surface area (Å²) in [6.45, 7) is 0.197. The molecule has 232 valence electrons. The highest BCUT2D eigenvalue weighted by Gasteiger charge is 2.46. The second-order valence-electron chi connectivity index (χ2n) is 11.6. The van der Waals surface area contributed by atoms with E-state index in [4.69, 9.17) is 4.74 Å². The Labute approximate surface area is 250 Å². The van der Waals surface area contributed by atoms with Crippen molar-refractivity contribution in [1.29, 1.82) is 0 Å². The van der Waals surface area contributed by atoms with Crippen LogP contribution in [-0.2, 0) is 26.4 Å².